The Morgan fingerprint density at radius 2 is 1.89 bits per heavy atom. The molecule has 1 unspecified atom stereocenters. The fraction of sp³-hybridized carbons (Fsp3) is 0.692. The number of Topliss-reactive ketones (excluding diaryl/α,β-unsaturated/α-hetero) is 1. The number of fused-ring (bicyclic) bond motifs is 4. The van der Waals surface area contributed by atoms with Gasteiger partial charge in [-0.15, -0.1) is 0 Å². The lowest BCUT2D eigenvalue weighted by atomic mass is 9.69. The summed E-state index contributed by atoms with van der Waals surface area (Å²) < 4.78 is 16.4. The van der Waals surface area contributed by atoms with Gasteiger partial charge in [0.2, 0.25) is 0 Å². The van der Waals surface area contributed by atoms with E-state index >= 15 is 0 Å². The molecule has 0 aromatic heterocycles. The van der Waals surface area contributed by atoms with Crippen molar-refractivity contribution in [2.24, 2.45) is 5.41 Å². The topological polar surface area (TPSA) is 71.7 Å². The first-order chi connectivity index (χ1) is 9.02. The zero-order valence-electron chi connectivity index (χ0n) is 11.0. The maximum Gasteiger partial charge on any atom is 0.253 e. The molecule has 3 saturated heterocycles. The Kier molecular flexibility index (Phi) is 1.92. The zero-order chi connectivity index (χ0) is 13.5. The van der Waals surface area contributed by atoms with Crippen molar-refractivity contribution in [3.63, 3.8) is 0 Å². The summed E-state index contributed by atoms with van der Waals surface area (Å²) in [5.74, 6) is 0.557. The molecule has 0 aromatic rings. The number of likely N-dealkylation sites (tertiary alicyclic amines) is 1. The predicted molar refractivity (Wildman–Crippen MR) is 62.1 cm³/mol. The first kappa shape index (κ1) is 11.4. The summed E-state index contributed by atoms with van der Waals surface area (Å²) in [5.41, 5.74) is 0.0832. The molecule has 0 aromatic carbocycles. The highest BCUT2D eigenvalue weighted by molar-refractivity contribution is 6.02. The van der Waals surface area contributed by atoms with Gasteiger partial charge in [0.05, 0.1) is 18.1 Å². The SMILES string of the molecule is CO/C(C)=C1/C(=O)N(C)CC12[C@@H]1O[C@@H]1C(=O)[C@@H]1O[C@@H]12. The molecular formula is C13H15NO5. The Hall–Kier alpha value is -1.40. The summed E-state index contributed by atoms with van der Waals surface area (Å²) in [6.45, 7) is 2.30. The van der Waals surface area contributed by atoms with Gasteiger partial charge in [-0.1, -0.05) is 0 Å². The lowest BCUT2D eigenvalue weighted by Crippen LogP contribution is -2.45. The number of epoxide rings is 2. The molecule has 1 saturated carbocycles. The van der Waals surface area contributed by atoms with Crippen LogP contribution in [0.1, 0.15) is 6.92 Å². The van der Waals surface area contributed by atoms with Crippen LogP contribution in [0.15, 0.2) is 11.3 Å². The highest BCUT2D eigenvalue weighted by Gasteiger charge is 2.79. The van der Waals surface area contributed by atoms with Crippen LogP contribution >= 0.6 is 0 Å². The summed E-state index contributed by atoms with van der Waals surface area (Å²) in [5, 5.41) is 0. The van der Waals surface area contributed by atoms with Crippen LogP contribution in [0.3, 0.4) is 0 Å². The Balaban J connectivity index is 1.86. The molecule has 4 aliphatic rings. The van der Waals surface area contributed by atoms with Gasteiger partial charge in [0.25, 0.3) is 5.91 Å². The van der Waals surface area contributed by atoms with Crippen LogP contribution in [0.4, 0.5) is 0 Å². The molecular weight excluding hydrogens is 250 g/mol. The minimum absolute atomic E-state index is 0.0250. The Morgan fingerprint density at radius 1 is 1.32 bits per heavy atom. The van der Waals surface area contributed by atoms with Crippen LogP contribution < -0.4 is 0 Å². The van der Waals surface area contributed by atoms with Crippen molar-refractivity contribution in [2.45, 2.75) is 31.3 Å². The highest BCUT2D eigenvalue weighted by Crippen LogP contribution is 2.62. The summed E-state index contributed by atoms with van der Waals surface area (Å²) in [4.78, 5) is 25.9. The number of ether oxygens (including phenoxy) is 3. The largest absolute Gasteiger partial charge is 0.501 e. The van der Waals surface area contributed by atoms with Crippen LogP contribution in [0.2, 0.25) is 0 Å². The van der Waals surface area contributed by atoms with Gasteiger partial charge in [0, 0.05) is 13.6 Å². The third-order valence-electron chi connectivity index (χ3n) is 4.74. The molecule has 0 radical (unpaired) electrons. The van der Waals surface area contributed by atoms with E-state index in [1.54, 1.807) is 26.0 Å². The van der Waals surface area contributed by atoms with Crippen molar-refractivity contribution >= 4 is 11.7 Å². The van der Waals surface area contributed by atoms with Crippen LogP contribution in [0.25, 0.3) is 0 Å². The molecule has 0 bridgehead atoms. The quantitative estimate of drug-likeness (QED) is 0.362. The Morgan fingerprint density at radius 3 is 2.42 bits per heavy atom. The third-order valence-corrected chi connectivity index (χ3v) is 4.74. The second-order valence-electron chi connectivity index (χ2n) is 5.69. The summed E-state index contributed by atoms with van der Waals surface area (Å²) in [6.07, 6.45) is -1.28. The molecule has 102 valence electrons. The van der Waals surface area contributed by atoms with E-state index < -0.39 is 17.6 Å². The molecule has 1 amide bonds. The average molecular weight is 265 g/mol. The number of likely N-dealkylation sites (N-methyl/N-ethyl adjacent to an activating group) is 1. The molecule has 6 heteroatoms. The van der Waals surface area contributed by atoms with Crippen molar-refractivity contribution < 1.29 is 23.8 Å². The monoisotopic (exact) mass is 265 g/mol. The molecule has 0 N–H and O–H groups in total. The van der Waals surface area contributed by atoms with Gasteiger partial charge in [-0.3, -0.25) is 9.59 Å². The minimum Gasteiger partial charge on any atom is -0.501 e. The number of carbonyl (C=O) groups is 2. The molecule has 5 atom stereocenters. The van der Waals surface area contributed by atoms with Gasteiger partial charge in [-0.25, -0.2) is 0 Å². The van der Waals surface area contributed by atoms with Gasteiger partial charge < -0.3 is 19.1 Å². The van der Waals surface area contributed by atoms with E-state index in [4.69, 9.17) is 14.2 Å². The lowest BCUT2D eigenvalue weighted by molar-refractivity contribution is -0.124. The smallest absolute Gasteiger partial charge is 0.253 e. The first-order valence-corrected chi connectivity index (χ1v) is 6.38. The second kappa shape index (κ2) is 3.19. The Bertz CT molecular complexity index is 519. The molecule has 3 heterocycles. The average Bonchev–Trinajstić information content (AvgIpc) is 3.25. The lowest BCUT2D eigenvalue weighted by Gasteiger charge is -2.28. The van der Waals surface area contributed by atoms with E-state index in [0.717, 1.165) is 0 Å². The van der Waals surface area contributed by atoms with Crippen molar-refractivity contribution in [1.82, 2.24) is 4.90 Å². The Labute approximate surface area is 110 Å². The molecule has 1 spiro atoms. The number of nitrogens with zero attached hydrogens (tertiary/aromatic N) is 1. The summed E-state index contributed by atoms with van der Waals surface area (Å²) in [6, 6.07) is 0. The number of hydrogen-bond donors (Lipinski definition) is 0. The van der Waals surface area contributed by atoms with Crippen LogP contribution in [0, 0.1) is 5.41 Å². The van der Waals surface area contributed by atoms with E-state index in [2.05, 4.69) is 0 Å². The third kappa shape index (κ3) is 1.14. The van der Waals surface area contributed by atoms with Crippen LogP contribution in [0.5, 0.6) is 0 Å². The van der Waals surface area contributed by atoms with Gasteiger partial charge >= 0.3 is 0 Å². The molecule has 6 nitrogen and oxygen atoms in total. The molecule has 19 heavy (non-hydrogen) atoms. The number of ketones is 1. The van der Waals surface area contributed by atoms with Crippen molar-refractivity contribution in [1.29, 1.82) is 0 Å². The highest BCUT2D eigenvalue weighted by atomic mass is 16.6. The number of hydrogen-bond acceptors (Lipinski definition) is 5. The molecule has 4 fully saturated rings. The first-order valence-electron chi connectivity index (χ1n) is 6.38. The van der Waals surface area contributed by atoms with E-state index in [0.29, 0.717) is 17.9 Å². The van der Waals surface area contributed by atoms with E-state index in [1.807, 2.05) is 0 Å². The minimum atomic E-state index is -0.533. The maximum absolute atomic E-state index is 12.4. The fourth-order valence-corrected chi connectivity index (χ4v) is 3.74. The second-order valence-corrected chi connectivity index (χ2v) is 5.69. The van der Waals surface area contributed by atoms with Gasteiger partial charge in [-0.2, -0.15) is 0 Å². The number of carbonyl (C=O) groups excluding carboxylic acids is 2. The number of allylic oxidation sites excluding steroid dienone is 1. The number of methoxy groups -OCH3 is 1. The zero-order valence-corrected chi connectivity index (χ0v) is 11.0. The van der Waals surface area contributed by atoms with E-state index in [1.165, 1.54) is 0 Å². The van der Waals surface area contributed by atoms with Crippen molar-refractivity contribution in [3.05, 3.63) is 11.3 Å². The van der Waals surface area contributed by atoms with Crippen LogP contribution in [-0.2, 0) is 23.8 Å². The summed E-state index contributed by atoms with van der Waals surface area (Å²) >= 11 is 0. The number of rotatable bonds is 1. The van der Waals surface area contributed by atoms with E-state index in [9.17, 15) is 9.59 Å². The maximum atomic E-state index is 12.4. The van der Waals surface area contributed by atoms with Gasteiger partial charge in [-0.05, 0) is 6.92 Å². The number of amides is 1. The van der Waals surface area contributed by atoms with Gasteiger partial charge in [0.15, 0.2) is 5.78 Å². The molecule has 1 aliphatic carbocycles. The van der Waals surface area contributed by atoms with Crippen molar-refractivity contribution in [2.75, 3.05) is 20.7 Å². The summed E-state index contributed by atoms with van der Waals surface area (Å²) in [7, 11) is 3.30. The molecule has 4 rings (SSSR count). The van der Waals surface area contributed by atoms with Gasteiger partial charge in [0.1, 0.15) is 30.2 Å². The van der Waals surface area contributed by atoms with Crippen LogP contribution in [-0.4, -0.2) is 61.7 Å². The van der Waals surface area contributed by atoms with Crippen molar-refractivity contribution in [3.8, 4) is 0 Å². The normalized spacial score (nSPS) is 49.1. The predicted octanol–water partition coefficient (Wildman–Crippen LogP) is -0.517. The fourth-order valence-electron chi connectivity index (χ4n) is 3.74. The standard InChI is InChI=1S/C13H15NO5/c1-5(17-3)6-12(16)14(2)4-13(6)10-8(18-10)7(15)9-11(13)19-9/h8-11H,4H2,1-3H3/b6-5-/t8-,9+,10-,11+,13?. The van der Waals surface area contributed by atoms with E-state index in [-0.39, 0.29) is 23.9 Å². The molecule has 3 aliphatic heterocycles.